The van der Waals surface area contributed by atoms with Gasteiger partial charge in [-0.15, -0.1) is 0 Å². The van der Waals surface area contributed by atoms with Crippen molar-refractivity contribution in [3.63, 3.8) is 0 Å². The third-order valence-corrected chi connectivity index (χ3v) is 1.66. The van der Waals surface area contributed by atoms with Gasteiger partial charge < -0.3 is 4.74 Å². The van der Waals surface area contributed by atoms with Crippen LogP contribution in [-0.4, -0.2) is 43.7 Å². The van der Waals surface area contributed by atoms with Gasteiger partial charge in [0.15, 0.2) is 5.94 Å². The van der Waals surface area contributed by atoms with E-state index in [0.29, 0.717) is 0 Å². The summed E-state index contributed by atoms with van der Waals surface area (Å²) in [6, 6.07) is 0. The topological polar surface area (TPSA) is 72.8 Å². The summed E-state index contributed by atoms with van der Waals surface area (Å²) in [6.45, 7) is 0. The van der Waals surface area contributed by atoms with E-state index in [1.807, 2.05) is 4.74 Å². The molecule has 0 fully saturated rings. The number of hydrogen-bond donors (Lipinski definition) is 1. The Bertz CT molecular complexity index is 402. The van der Waals surface area contributed by atoms with Gasteiger partial charge >= 0.3 is 18.4 Å². The highest BCUT2D eigenvalue weighted by Gasteiger charge is 2.65. The Hall–Kier alpha value is -0.730. The van der Waals surface area contributed by atoms with Crippen LogP contribution < -0.4 is 0 Å². The van der Waals surface area contributed by atoms with Crippen molar-refractivity contribution in [2.75, 3.05) is 5.94 Å². The highest BCUT2D eigenvalue weighted by Crippen LogP contribution is 2.41. The number of alkyl halides is 8. The molecule has 0 aromatic rings. The molecule has 0 aliphatic carbocycles. The molecule has 0 spiro atoms. The van der Waals surface area contributed by atoms with Crippen molar-refractivity contribution < 1.29 is 57.6 Å². The molecule has 0 saturated heterocycles. The molecule has 0 aliphatic rings. The first-order chi connectivity index (χ1) is 8.08. The molecule has 0 aliphatic heterocycles. The normalized spacial score (nSPS) is 16.5. The lowest BCUT2D eigenvalue weighted by Crippen LogP contribution is -2.48. The zero-order valence-electron chi connectivity index (χ0n) is 8.30. The van der Waals surface area contributed by atoms with Crippen LogP contribution in [0.1, 0.15) is 0 Å². The minimum absolute atomic E-state index is 1.95. The van der Waals surface area contributed by atoms with Crippen molar-refractivity contribution in [1.29, 1.82) is 0 Å². The minimum atomic E-state index is -6.56. The Morgan fingerprint density at radius 1 is 1.05 bits per heavy atom. The van der Waals surface area contributed by atoms with Gasteiger partial charge in [-0.05, 0) is 0 Å². The van der Waals surface area contributed by atoms with Crippen LogP contribution in [0.15, 0.2) is 0 Å². The van der Waals surface area contributed by atoms with E-state index >= 15 is 0 Å². The van der Waals surface area contributed by atoms with Crippen molar-refractivity contribution in [2.45, 2.75) is 24.8 Å². The van der Waals surface area contributed by atoms with Gasteiger partial charge in [-0.25, -0.2) is 9.13 Å². The molecule has 0 radical (unpaired) electrons. The summed E-state index contributed by atoms with van der Waals surface area (Å²) >= 11 is 0. The predicted octanol–water partition coefficient (Wildman–Crippen LogP) is 1.91. The van der Waals surface area contributed by atoms with Crippen LogP contribution >= 0.6 is 0 Å². The quantitative estimate of drug-likeness (QED) is 0.596. The molecular formula is C5H4F8O5S. The first-order valence-electron chi connectivity index (χ1n) is 3.82. The first-order valence-corrected chi connectivity index (χ1v) is 5.43. The van der Waals surface area contributed by atoms with E-state index in [9.17, 15) is 43.5 Å². The van der Waals surface area contributed by atoms with E-state index < -0.39 is 40.8 Å². The van der Waals surface area contributed by atoms with E-state index in [2.05, 4.69) is 4.74 Å². The Morgan fingerprint density at radius 2 is 1.47 bits per heavy atom. The smallest absolute Gasteiger partial charge is 0.323 e. The molecule has 5 nitrogen and oxygen atoms in total. The number of hydrogen-bond acceptors (Lipinski definition) is 4. The Balaban J connectivity index is 4.80. The molecule has 1 atom stereocenters. The molecule has 0 heterocycles. The van der Waals surface area contributed by atoms with Gasteiger partial charge in [-0.1, -0.05) is 0 Å². The van der Waals surface area contributed by atoms with Crippen LogP contribution in [0.25, 0.3) is 0 Å². The third kappa shape index (κ3) is 5.84. The lowest BCUT2D eigenvalue weighted by atomic mass is 10.5. The van der Waals surface area contributed by atoms with Crippen molar-refractivity contribution in [2.24, 2.45) is 0 Å². The average Bonchev–Trinajstić information content (AvgIpc) is 2.09. The number of halogens is 8. The largest absolute Gasteiger partial charge is 0.483 e. The summed E-state index contributed by atoms with van der Waals surface area (Å²) < 4.78 is 129. The Morgan fingerprint density at radius 3 is 1.79 bits per heavy atom. The summed E-state index contributed by atoms with van der Waals surface area (Å²) in [7, 11) is -5.11. The van der Waals surface area contributed by atoms with Gasteiger partial charge in [0.25, 0.3) is 16.5 Å². The van der Waals surface area contributed by atoms with E-state index in [1.54, 1.807) is 0 Å². The fourth-order valence-corrected chi connectivity index (χ4v) is 0.809. The van der Waals surface area contributed by atoms with Gasteiger partial charge in [-0.2, -0.15) is 39.2 Å². The van der Waals surface area contributed by atoms with E-state index in [-0.39, 0.29) is 0 Å². The maximum Gasteiger partial charge on any atom is 0.483 e. The van der Waals surface area contributed by atoms with Crippen molar-refractivity contribution in [3.05, 3.63) is 0 Å². The lowest BCUT2D eigenvalue weighted by Gasteiger charge is -2.26. The van der Waals surface area contributed by atoms with E-state index in [4.69, 9.17) is 4.55 Å². The highest BCUT2D eigenvalue weighted by molar-refractivity contribution is 7.85. The molecule has 0 rings (SSSR count). The van der Waals surface area contributed by atoms with Gasteiger partial charge in [-0.3, -0.25) is 4.55 Å². The molecule has 0 bridgehead atoms. The lowest BCUT2D eigenvalue weighted by molar-refractivity contribution is -0.477. The fourth-order valence-electron chi connectivity index (χ4n) is 0.518. The fraction of sp³-hybridized carbons (Fsp3) is 1.00. The number of rotatable bonds is 6. The summed E-state index contributed by atoms with van der Waals surface area (Å²) in [6.07, 6.45) is -23.1. The van der Waals surface area contributed by atoms with Gasteiger partial charge in [0, 0.05) is 0 Å². The van der Waals surface area contributed by atoms with Crippen molar-refractivity contribution in [1.82, 2.24) is 0 Å². The number of ether oxygens (including phenoxy) is 2. The molecule has 19 heavy (non-hydrogen) atoms. The molecule has 116 valence electrons. The molecule has 14 heteroatoms. The summed E-state index contributed by atoms with van der Waals surface area (Å²) in [5, 5.41) is 0. The summed E-state index contributed by atoms with van der Waals surface area (Å²) in [5.41, 5.74) is 0. The SMILES string of the molecule is O=S(=O)(O)COC(F)C(F)(F)OC(F)(F)C(F)(F)F. The second-order valence-electron chi connectivity index (χ2n) is 2.86. The highest BCUT2D eigenvalue weighted by atomic mass is 32.2. The third-order valence-electron chi connectivity index (χ3n) is 1.22. The molecular weight excluding hydrogens is 324 g/mol. The van der Waals surface area contributed by atoms with E-state index in [1.165, 1.54) is 0 Å². The van der Waals surface area contributed by atoms with Gasteiger partial charge in [0.2, 0.25) is 0 Å². The molecule has 1 N–H and O–H groups in total. The summed E-state index contributed by atoms with van der Waals surface area (Å²) in [5.74, 6) is -2.11. The standard InChI is InChI=1S/C5H4F8O5S/c6-2(17-1-19(14,15)16)3(7,8)18-5(12,13)4(9,10)11/h2H,1H2,(H,14,15,16). The molecule has 0 aromatic heterocycles. The van der Waals surface area contributed by atoms with Crippen LogP contribution in [0.2, 0.25) is 0 Å². The van der Waals surface area contributed by atoms with E-state index in [0.717, 1.165) is 0 Å². The van der Waals surface area contributed by atoms with Crippen LogP contribution in [0, 0.1) is 0 Å². The average molecular weight is 328 g/mol. The van der Waals surface area contributed by atoms with Crippen LogP contribution in [0.4, 0.5) is 35.1 Å². The summed E-state index contributed by atoms with van der Waals surface area (Å²) in [4.78, 5) is 0. The van der Waals surface area contributed by atoms with Crippen molar-refractivity contribution in [3.8, 4) is 0 Å². The van der Waals surface area contributed by atoms with Crippen LogP contribution in [-0.2, 0) is 19.6 Å². The predicted molar refractivity (Wildman–Crippen MR) is 39.4 cm³/mol. The molecule has 0 aromatic carbocycles. The zero-order chi connectivity index (χ0) is 15.7. The zero-order valence-corrected chi connectivity index (χ0v) is 9.11. The second-order valence-corrected chi connectivity index (χ2v) is 4.26. The van der Waals surface area contributed by atoms with Crippen molar-refractivity contribution >= 4 is 10.1 Å². The van der Waals surface area contributed by atoms with Gasteiger partial charge in [0.05, 0.1) is 0 Å². The maximum absolute atomic E-state index is 12.5. The molecule has 0 saturated carbocycles. The second kappa shape index (κ2) is 5.34. The first kappa shape index (κ1) is 18.3. The van der Waals surface area contributed by atoms with Gasteiger partial charge in [0.1, 0.15) is 0 Å². The monoisotopic (exact) mass is 328 g/mol. The Labute approximate surface area is 99.4 Å². The van der Waals surface area contributed by atoms with Crippen LogP contribution in [0.3, 0.4) is 0 Å². The Kier molecular flexibility index (Phi) is 5.13. The maximum atomic E-state index is 12.5. The van der Waals surface area contributed by atoms with Crippen LogP contribution in [0.5, 0.6) is 0 Å². The minimum Gasteiger partial charge on any atom is -0.323 e. The molecule has 0 amide bonds. The molecule has 1 unspecified atom stereocenters.